The Bertz CT molecular complexity index is 443. The first kappa shape index (κ1) is 16.0. The van der Waals surface area contributed by atoms with Crippen LogP contribution in [0.25, 0.3) is 0 Å². The van der Waals surface area contributed by atoms with E-state index in [1.54, 1.807) is 6.20 Å². The Kier molecular flexibility index (Phi) is 5.04. The SMILES string of the molecule is CC(C)(C)C[C@H](O)CC(=O)N1CCC(c2ccn[nH]2)CC1. The van der Waals surface area contributed by atoms with Gasteiger partial charge in [-0.05, 0) is 30.7 Å². The summed E-state index contributed by atoms with van der Waals surface area (Å²) in [6, 6.07) is 2.01. The number of aromatic amines is 1. The fourth-order valence-electron chi connectivity index (χ4n) is 3.04. The van der Waals surface area contributed by atoms with Crippen molar-refractivity contribution in [2.45, 2.75) is 58.5 Å². The maximum Gasteiger partial charge on any atom is 0.225 e. The molecule has 2 N–H and O–H groups in total. The summed E-state index contributed by atoms with van der Waals surface area (Å²) in [6.45, 7) is 7.78. The van der Waals surface area contributed by atoms with Crippen LogP contribution in [0, 0.1) is 5.41 Å². The fraction of sp³-hybridized carbons (Fsp3) is 0.750. The van der Waals surface area contributed by atoms with Gasteiger partial charge in [-0.3, -0.25) is 9.89 Å². The van der Waals surface area contributed by atoms with E-state index in [1.165, 1.54) is 0 Å². The number of likely N-dealkylation sites (tertiary alicyclic amines) is 1. The van der Waals surface area contributed by atoms with Crippen LogP contribution < -0.4 is 0 Å². The zero-order valence-electron chi connectivity index (χ0n) is 13.3. The zero-order chi connectivity index (χ0) is 15.5. The van der Waals surface area contributed by atoms with E-state index in [-0.39, 0.29) is 17.7 Å². The van der Waals surface area contributed by atoms with Crippen LogP contribution in [-0.2, 0) is 4.79 Å². The van der Waals surface area contributed by atoms with E-state index >= 15 is 0 Å². The Labute approximate surface area is 126 Å². The minimum absolute atomic E-state index is 0.0489. The van der Waals surface area contributed by atoms with Gasteiger partial charge in [-0.1, -0.05) is 20.8 Å². The molecular weight excluding hydrogens is 266 g/mol. The first-order chi connectivity index (χ1) is 9.85. The fourth-order valence-corrected chi connectivity index (χ4v) is 3.04. The van der Waals surface area contributed by atoms with Crippen LogP contribution in [0.2, 0.25) is 0 Å². The van der Waals surface area contributed by atoms with Crippen molar-refractivity contribution in [3.05, 3.63) is 18.0 Å². The molecule has 2 rings (SSSR count). The number of rotatable bonds is 4. The van der Waals surface area contributed by atoms with Gasteiger partial charge in [-0.15, -0.1) is 0 Å². The van der Waals surface area contributed by atoms with Crippen LogP contribution in [0.4, 0.5) is 0 Å². The second-order valence-corrected chi connectivity index (χ2v) is 7.29. The predicted octanol–water partition coefficient (Wildman–Crippen LogP) is 2.30. The first-order valence-corrected chi connectivity index (χ1v) is 7.80. The highest BCUT2D eigenvalue weighted by atomic mass is 16.3. The normalized spacial score (nSPS) is 18.8. The van der Waals surface area contributed by atoms with Crippen LogP contribution in [0.5, 0.6) is 0 Å². The molecule has 5 heteroatoms. The topological polar surface area (TPSA) is 69.2 Å². The average molecular weight is 293 g/mol. The highest BCUT2D eigenvalue weighted by Crippen LogP contribution is 2.27. The first-order valence-electron chi connectivity index (χ1n) is 7.80. The number of piperidine rings is 1. The minimum atomic E-state index is -0.539. The third-order valence-corrected chi connectivity index (χ3v) is 4.07. The molecule has 21 heavy (non-hydrogen) atoms. The van der Waals surface area contributed by atoms with Crippen molar-refractivity contribution in [2.24, 2.45) is 5.41 Å². The molecule has 0 aliphatic carbocycles. The van der Waals surface area contributed by atoms with Crippen molar-refractivity contribution in [1.29, 1.82) is 0 Å². The maximum atomic E-state index is 12.2. The Morgan fingerprint density at radius 1 is 1.48 bits per heavy atom. The third-order valence-electron chi connectivity index (χ3n) is 4.07. The Balaban J connectivity index is 1.78. The second kappa shape index (κ2) is 6.60. The molecule has 1 aromatic heterocycles. The van der Waals surface area contributed by atoms with Crippen molar-refractivity contribution >= 4 is 5.91 Å². The van der Waals surface area contributed by atoms with E-state index in [0.717, 1.165) is 31.6 Å². The summed E-state index contributed by atoms with van der Waals surface area (Å²) in [5, 5.41) is 17.0. The molecule has 0 spiro atoms. The number of aliphatic hydroxyl groups excluding tert-OH is 1. The molecule has 0 radical (unpaired) electrons. The van der Waals surface area contributed by atoms with Crippen LogP contribution in [0.3, 0.4) is 0 Å². The smallest absolute Gasteiger partial charge is 0.225 e. The van der Waals surface area contributed by atoms with Gasteiger partial charge in [0.25, 0.3) is 0 Å². The lowest BCUT2D eigenvalue weighted by atomic mass is 9.88. The lowest BCUT2D eigenvalue weighted by Crippen LogP contribution is -2.39. The Hall–Kier alpha value is -1.36. The van der Waals surface area contributed by atoms with Gasteiger partial charge in [0.2, 0.25) is 5.91 Å². The average Bonchev–Trinajstić information content (AvgIpc) is 2.90. The van der Waals surface area contributed by atoms with Crippen molar-refractivity contribution in [3.63, 3.8) is 0 Å². The number of aliphatic hydroxyl groups is 1. The van der Waals surface area contributed by atoms with E-state index in [4.69, 9.17) is 0 Å². The number of nitrogens with one attached hydrogen (secondary N) is 1. The maximum absolute atomic E-state index is 12.2. The second-order valence-electron chi connectivity index (χ2n) is 7.29. The van der Waals surface area contributed by atoms with Gasteiger partial charge >= 0.3 is 0 Å². The van der Waals surface area contributed by atoms with E-state index in [0.29, 0.717) is 12.3 Å². The van der Waals surface area contributed by atoms with E-state index in [9.17, 15) is 9.90 Å². The summed E-state index contributed by atoms with van der Waals surface area (Å²) in [4.78, 5) is 14.1. The van der Waals surface area contributed by atoms with Crippen LogP contribution in [0.1, 0.15) is 58.1 Å². The Morgan fingerprint density at radius 3 is 2.67 bits per heavy atom. The van der Waals surface area contributed by atoms with Crippen LogP contribution in [-0.4, -0.2) is 45.3 Å². The zero-order valence-corrected chi connectivity index (χ0v) is 13.3. The number of hydrogen-bond donors (Lipinski definition) is 2. The molecule has 1 aromatic rings. The molecule has 1 atom stereocenters. The number of amides is 1. The Morgan fingerprint density at radius 2 is 2.14 bits per heavy atom. The highest BCUT2D eigenvalue weighted by molar-refractivity contribution is 5.76. The van der Waals surface area contributed by atoms with Gasteiger partial charge < -0.3 is 10.0 Å². The summed E-state index contributed by atoms with van der Waals surface area (Å²) >= 11 is 0. The molecule has 0 saturated carbocycles. The molecule has 118 valence electrons. The molecule has 0 bridgehead atoms. The van der Waals surface area contributed by atoms with E-state index < -0.39 is 6.10 Å². The van der Waals surface area contributed by atoms with E-state index in [1.807, 2.05) is 11.0 Å². The lowest BCUT2D eigenvalue weighted by Gasteiger charge is -2.32. The highest BCUT2D eigenvalue weighted by Gasteiger charge is 2.26. The number of hydrogen-bond acceptors (Lipinski definition) is 3. The lowest BCUT2D eigenvalue weighted by molar-refractivity contribution is -0.134. The van der Waals surface area contributed by atoms with Crippen molar-refractivity contribution in [2.75, 3.05) is 13.1 Å². The van der Waals surface area contributed by atoms with E-state index in [2.05, 4.69) is 31.0 Å². The summed E-state index contributed by atoms with van der Waals surface area (Å²) in [5.74, 6) is 0.547. The summed E-state index contributed by atoms with van der Waals surface area (Å²) in [7, 11) is 0. The van der Waals surface area contributed by atoms with Crippen molar-refractivity contribution in [1.82, 2.24) is 15.1 Å². The van der Waals surface area contributed by atoms with Gasteiger partial charge in [0.1, 0.15) is 0 Å². The molecule has 2 heterocycles. The van der Waals surface area contributed by atoms with Crippen LogP contribution in [0.15, 0.2) is 12.3 Å². The third kappa shape index (κ3) is 4.84. The summed E-state index contributed by atoms with van der Waals surface area (Å²) in [6.07, 6.45) is 4.06. The number of H-pyrrole nitrogens is 1. The monoisotopic (exact) mass is 293 g/mol. The molecule has 1 amide bonds. The molecule has 1 saturated heterocycles. The van der Waals surface area contributed by atoms with Gasteiger partial charge in [0.05, 0.1) is 12.5 Å². The molecule has 1 fully saturated rings. The van der Waals surface area contributed by atoms with Crippen molar-refractivity contribution < 1.29 is 9.90 Å². The molecular formula is C16H27N3O2. The van der Waals surface area contributed by atoms with Gasteiger partial charge in [0, 0.05) is 30.9 Å². The molecule has 5 nitrogen and oxygen atoms in total. The number of carbonyl (C=O) groups excluding carboxylic acids is 1. The molecule has 0 unspecified atom stereocenters. The number of nitrogens with zero attached hydrogens (tertiary/aromatic N) is 2. The summed E-state index contributed by atoms with van der Waals surface area (Å²) < 4.78 is 0. The summed E-state index contributed by atoms with van der Waals surface area (Å²) in [5.41, 5.74) is 1.21. The number of carbonyl (C=O) groups is 1. The largest absolute Gasteiger partial charge is 0.393 e. The molecule has 1 aliphatic heterocycles. The van der Waals surface area contributed by atoms with Gasteiger partial charge in [-0.25, -0.2) is 0 Å². The quantitative estimate of drug-likeness (QED) is 0.895. The van der Waals surface area contributed by atoms with Crippen LogP contribution >= 0.6 is 0 Å². The molecule has 0 aromatic carbocycles. The molecule has 1 aliphatic rings. The minimum Gasteiger partial charge on any atom is -0.393 e. The predicted molar refractivity (Wildman–Crippen MR) is 81.8 cm³/mol. The van der Waals surface area contributed by atoms with Gasteiger partial charge in [-0.2, -0.15) is 5.10 Å². The van der Waals surface area contributed by atoms with Gasteiger partial charge in [0.15, 0.2) is 0 Å². The number of aromatic nitrogens is 2. The van der Waals surface area contributed by atoms with Crippen molar-refractivity contribution in [3.8, 4) is 0 Å². The standard InChI is InChI=1S/C16H27N3O2/c1-16(2,3)11-13(20)10-15(21)19-8-5-12(6-9-19)14-4-7-17-18-14/h4,7,12-13,20H,5-6,8-11H2,1-3H3,(H,17,18)/t13-/m1/s1.